The van der Waals surface area contributed by atoms with Crippen LogP contribution in [0.1, 0.15) is 39.0 Å². The third-order valence-electron chi connectivity index (χ3n) is 4.23. The van der Waals surface area contributed by atoms with Gasteiger partial charge in [0, 0.05) is 6.04 Å². The average molecular weight is 378 g/mol. The van der Waals surface area contributed by atoms with Crippen LogP contribution >= 0.6 is 11.8 Å². The van der Waals surface area contributed by atoms with Crippen LogP contribution in [-0.2, 0) is 4.79 Å². The molecule has 0 radical (unpaired) electrons. The van der Waals surface area contributed by atoms with Crippen molar-refractivity contribution in [3.05, 3.63) is 18.4 Å². The van der Waals surface area contributed by atoms with Gasteiger partial charge in [0.1, 0.15) is 0 Å². The minimum atomic E-state index is -0.567. The van der Waals surface area contributed by atoms with Crippen molar-refractivity contribution in [2.45, 2.75) is 55.5 Å². The number of furan rings is 1. The second-order valence-corrected chi connectivity index (χ2v) is 7.52. The number of nitrogens with zero attached hydrogens (tertiary/aromatic N) is 3. The molecule has 1 aliphatic carbocycles. The van der Waals surface area contributed by atoms with Gasteiger partial charge in [0.25, 0.3) is 0 Å². The molecule has 0 bridgehead atoms. The van der Waals surface area contributed by atoms with E-state index in [1.807, 2.05) is 0 Å². The number of carbonyl (C=O) groups is 2. The molecule has 1 atom stereocenters. The molecule has 26 heavy (non-hydrogen) atoms. The SMILES string of the molecule is C[C@@H](Sc1nnc(-c2ccco2)n1N)C(=O)NC(=O)NC1CCCCC1. The van der Waals surface area contributed by atoms with Gasteiger partial charge >= 0.3 is 6.03 Å². The van der Waals surface area contributed by atoms with Crippen molar-refractivity contribution < 1.29 is 14.0 Å². The van der Waals surface area contributed by atoms with E-state index in [4.69, 9.17) is 10.3 Å². The first-order chi connectivity index (χ1) is 12.5. The van der Waals surface area contributed by atoms with Crippen LogP contribution in [0.25, 0.3) is 11.6 Å². The summed E-state index contributed by atoms with van der Waals surface area (Å²) in [5, 5.41) is 13.0. The third-order valence-corrected chi connectivity index (χ3v) is 5.29. The highest BCUT2D eigenvalue weighted by Crippen LogP contribution is 2.25. The van der Waals surface area contributed by atoms with Crippen LogP contribution in [0.2, 0.25) is 0 Å². The number of nitrogen functional groups attached to an aromatic ring is 1. The van der Waals surface area contributed by atoms with Gasteiger partial charge in [-0.05, 0) is 31.9 Å². The van der Waals surface area contributed by atoms with Crippen LogP contribution in [0, 0.1) is 0 Å². The van der Waals surface area contributed by atoms with Crippen molar-refractivity contribution in [1.29, 1.82) is 0 Å². The maximum atomic E-state index is 12.2. The highest BCUT2D eigenvalue weighted by atomic mass is 32.2. The second kappa shape index (κ2) is 8.26. The van der Waals surface area contributed by atoms with Gasteiger partial charge in [0.2, 0.25) is 16.9 Å². The van der Waals surface area contributed by atoms with Gasteiger partial charge in [0.15, 0.2) is 5.76 Å². The molecule has 10 heteroatoms. The number of imide groups is 1. The summed E-state index contributed by atoms with van der Waals surface area (Å²) < 4.78 is 6.51. The Balaban J connectivity index is 1.53. The van der Waals surface area contributed by atoms with Crippen molar-refractivity contribution >= 4 is 23.7 Å². The Hall–Kier alpha value is -2.49. The Labute approximate surface area is 155 Å². The number of amides is 3. The molecule has 1 saturated carbocycles. The monoisotopic (exact) mass is 378 g/mol. The molecular formula is C16H22N6O3S. The summed E-state index contributed by atoms with van der Waals surface area (Å²) in [5.74, 6) is 6.40. The van der Waals surface area contributed by atoms with Gasteiger partial charge in [-0.3, -0.25) is 10.1 Å². The zero-order valence-electron chi connectivity index (χ0n) is 14.5. The Kier molecular flexibility index (Phi) is 5.82. The lowest BCUT2D eigenvalue weighted by Gasteiger charge is -2.22. The minimum Gasteiger partial charge on any atom is -0.461 e. The Morgan fingerprint density at radius 1 is 1.35 bits per heavy atom. The molecule has 140 valence electrons. The van der Waals surface area contributed by atoms with E-state index in [1.165, 1.54) is 17.4 Å². The first-order valence-electron chi connectivity index (χ1n) is 8.57. The van der Waals surface area contributed by atoms with Crippen molar-refractivity contribution in [3.63, 3.8) is 0 Å². The lowest BCUT2D eigenvalue weighted by Crippen LogP contribution is -2.47. The summed E-state index contributed by atoms with van der Waals surface area (Å²) in [4.78, 5) is 24.2. The van der Waals surface area contributed by atoms with Crippen LogP contribution in [0.15, 0.2) is 28.0 Å². The molecule has 2 heterocycles. The number of carbonyl (C=O) groups excluding carboxylic acids is 2. The fourth-order valence-electron chi connectivity index (χ4n) is 2.82. The van der Waals surface area contributed by atoms with Gasteiger partial charge in [-0.1, -0.05) is 31.0 Å². The standard InChI is InChI=1S/C16H22N6O3S/c1-10(14(23)19-15(24)18-11-6-3-2-4-7-11)26-16-21-20-13(22(16)17)12-8-5-9-25-12/h5,8-11H,2-4,6-7,17H2,1H3,(H2,18,19,23,24)/t10-/m1/s1. The molecule has 0 spiro atoms. The molecule has 1 aliphatic rings. The number of nitrogens with two attached hydrogens (primary N) is 1. The second-order valence-electron chi connectivity index (χ2n) is 6.21. The fraction of sp³-hybridized carbons (Fsp3) is 0.500. The zero-order chi connectivity index (χ0) is 18.5. The Morgan fingerprint density at radius 2 is 2.12 bits per heavy atom. The van der Waals surface area contributed by atoms with Crippen molar-refractivity contribution in [3.8, 4) is 11.6 Å². The minimum absolute atomic E-state index is 0.141. The lowest BCUT2D eigenvalue weighted by atomic mass is 9.96. The first kappa shape index (κ1) is 18.3. The molecule has 3 rings (SSSR count). The quantitative estimate of drug-likeness (QED) is 0.535. The van der Waals surface area contributed by atoms with E-state index in [1.54, 1.807) is 19.1 Å². The normalized spacial score (nSPS) is 16.2. The maximum Gasteiger partial charge on any atom is 0.321 e. The van der Waals surface area contributed by atoms with E-state index in [0.29, 0.717) is 16.7 Å². The zero-order valence-corrected chi connectivity index (χ0v) is 15.3. The molecule has 0 aromatic carbocycles. The number of thioether (sulfide) groups is 1. The largest absolute Gasteiger partial charge is 0.461 e. The molecule has 2 aromatic rings. The van der Waals surface area contributed by atoms with Gasteiger partial charge < -0.3 is 15.6 Å². The summed E-state index contributed by atoms with van der Waals surface area (Å²) in [6.45, 7) is 1.68. The van der Waals surface area contributed by atoms with Crippen molar-refractivity contribution in [1.82, 2.24) is 25.5 Å². The maximum absolute atomic E-state index is 12.2. The summed E-state index contributed by atoms with van der Waals surface area (Å²) in [6.07, 6.45) is 6.84. The molecule has 2 aromatic heterocycles. The first-order valence-corrected chi connectivity index (χ1v) is 9.45. The van der Waals surface area contributed by atoms with E-state index in [-0.39, 0.29) is 6.04 Å². The van der Waals surface area contributed by atoms with Crippen LogP contribution in [0.4, 0.5) is 4.79 Å². The van der Waals surface area contributed by atoms with Gasteiger partial charge in [0.05, 0.1) is 11.5 Å². The number of aromatic nitrogens is 3. The molecule has 0 aliphatic heterocycles. The Morgan fingerprint density at radius 3 is 2.81 bits per heavy atom. The number of hydrogen-bond acceptors (Lipinski definition) is 7. The van der Waals surface area contributed by atoms with E-state index >= 15 is 0 Å². The molecule has 0 saturated heterocycles. The third kappa shape index (κ3) is 4.37. The highest BCUT2D eigenvalue weighted by Gasteiger charge is 2.23. The number of urea groups is 1. The predicted octanol–water partition coefficient (Wildman–Crippen LogP) is 1.89. The summed E-state index contributed by atoms with van der Waals surface area (Å²) in [5.41, 5.74) is 0. The Bertz CT molecular complexity index is 754. The number of rotatable bonds is 5. The summed E-state index contributed by atoms with van der Waals surface area (Å²) >= 11 is 1.12. The van der Waals surface area contributed by atoms with Crippen LogP contribution in [0.3, 0.4) is 0 Å². The lowest BCUT2D eigenvalue weighted by molar-refractivity contribution is -0.119. The molecular weight excluding hydrogens is 356 g/mol. The van der Waals surface area contributed by atoms with Gasteiger partial charge in [-0.15, -0.1) is 10.2 Å². The smallest absolute Gasteiger partial charge is 0.321 e. The van der Waals surface area contributed by atoms with Gasteiger partial charge in [-0.25, -0.2) is 9.47 Å². The van der Waals surface area contributed by atoms with E-state index < -0.39 is 17.2 Å². The highest BCUT2D eigenvalue weighted by molar-refractivity contribution is 8.00. The average Bonchev–Trinajstić information content (AvgIpc) is 3.26. The van der Waals surface area contributed by atoms with E-state index in [2.05, 4.69) is 20.8 Å². The molecule has 9 nitrogen and oxygen atoms in total. The van der Waals surface area contributed by atoms with E-state index in [9.17, 15) is 9.59 Å². The molecule has 3 amide bonds. The van der Waals surface area contributed by atoms with Crippen LogP contribution in [-0.4, -0.2) is 38.1 Å². The summed E-state index contributed by atoms with van der Waals surface area (Å²) in [6, 6.07) is 3.12. The predicted molar refractivity (Wildman–Crippen MR) is 96.7 cm³/mol. The number of nitrogens with one attached hydrogen (secondary N) is 2. The topological polar surface area (TPSA) is 128 Å². The van der Waals surface area contributed by atoms with E-state index in [0.717, 1.165) is 37.4 Å². The van der Waals surface area contributed by atoms with Crippen molar-refractivity contribution in [2.75, 3.05) is 5.84 Å². The summed E-state index contributed by atoms with van der Waals surface area (Å²) in [7, 11) is 0. The van der Waals surface area contributed by atoms with Gasteiger partial charge in [-0.2, -0.15) is 0 Å². The fourth-order valence-corrected chi connectivity index (χ4v) is 3.59. The van der Waals surface area contributed by atoms with Crippen molar-refractivity contribution in [2.24, 2.45) is 0 Å². The molecule has 0 unspecified atom stereocenters. The number of hydrogen-bond donors (Lipinski definition) is 3. The molecule has 1 fully saturated rings. The van der Waals surface area contributed by atoms with Crippen LogP contribution in [0.5, 0.6) is 0 Å². The molecule has 4 N–H and O–H groups in total. The van der Waals surface area contributed by atoms with Crippen LogP contribution < -0.4 is 16.5 Å².